The Hall–Kier alpha value is -2.06. The Morgan fingerprint density at radius 2 is 2.00 bits per heavy atom. The molecule has 0 radical (unpaired) electrons. The fourth-order valence-electron chi connectivity index (χ4n) is 5.71. The summed E-state index contributed by atoms with van der Waals surface area (Å²) in [5.41, 5.74) is 1.20. The predicted molar refractivity (Wildman–Crippen MR) is 123 cm³/mol. The fraction of sp³-hybridized carbons (Fsp3) is 0.318. The lowest BCUT2D eigenvalue weighted by Gasteiger charge is -2.41. The number of nitrogens with zero attached hydrogens (tertiary/aromatic N) is 3. The third-order valence-electron chi connectivity index (χ3n) is 6.91. The summed E-state index contributed by atoms with van der Waals surface area (Å²) in [5, 5.41) is 4.75. The molecule has 2 saturated heterocycles. The average Bonchev–Trinajstić information content (AvgIpc) is 3.44. The zero-order valence-corrected chi connectivity index (χ0v) is 18.9. The molecule has 0 unspecified atom stereocenters. The summed E-state index contributed by atoms with van der Waals surface area (Å²) >= 11 is 14.2. The summed E-state index contributed by atoms with van der Waals surface area (Å²) < 4.78 is -1.13. The number of nitrogens with one attached hydrogen (secondary N) is 1. The number of thioether (sulfide) groups is 1. The number of amides is 2. The van der Waals surface area contributed by atoms with Crippen LogP contribution in [0.4, 0.5) is 5.69 Å². The number of benzene rings is 2. The van der Waals surface area contributed by atoms with Gasteiger partial charge in [0.25, 0.3) is 5.91 Å². The highest BCUT2D eigenvalue weighted by molar-refractivity contribution is 8.16. The maximum atomic E-state index is 14.2. The number of likely N-dealkylation sites (tertiary alicyclic amines) is 1. The lowest BCUT2D eigenvalue weighted by molar-refractivity contribution is -0.138. The van der Waals surface area contributed by atoms with E-state index in [1.807, 2.05) is 42.3 Å². The maximum Gasteiger partial charge on any atom is 0.251 e. The number of para-hydroxylation sites is 1. The number of fused-ring (bicyclic) bond motifs is 4. The summed E-state index contributed by atoms with van der Waals surface area (Å²) in [6, 6.07) is 13.0. The zero-order valence-electron chi connectivity index (χ0n) is 16.6. The lowest BCUT2D eigenvalue weighted by Crippen LogP contribution is -2.61. The van der Waals surface area contributed by atoms with Crippen LogP contribution in [0.5, 0.6) is 0 Å². The molecule has 6 rings (SSSR count). The monoisotopic (exact) mass is 472 g/mol. The first kappa shape index (κ1) is 19.6. The van der Waals surface area contributed by atoms with Gasteiger partial charge < -0.3 is 5.32 Å². The van der Waals surface area contributed by atoms with Gasteiger partial charge in [-0.3, -0.25) is 24.4 Å². The lowest BCUT2D eigenvalue weighted by atomic mass is 9.72. The van der Waals surface area contributed by atoms with Crippen LogP contribution in [0.25, 0.3) is 0 Å². The minimum Gasteiger partial charge on any atom is -0.324 e. The van der Waals surface area contributed by atoms with Gasteiger partial charge in [0.05, 0.1) is 6.54 Å². The summed E-state index contributed by atoms with van der Waals surface area (Å²) in [6.07, 6.45) is 0. The minimum absolute atomic E-state index is 0.0824. The maximum absolute atomic E-state index is 14.2. The molecule has 0 bridgehead atoms. The van der Waals surface area contributed by atoms with E-state index in [1.165, 1.54) is 11.8 Å². The van der Waals surface area contributed by atoms with Crippen molar-refractivity contribution in [3.8, 4) is 0 Å². The van der Waals surface area contributed by atoms with E-state index in [1.54, 1.807) is 17.0 Å². The van der Waals surface area contributed by atoms with Gasteiger partial charge in [-0.1, -0.05) is 59.2 Å². The summed E-state index contributed by atoms with van der Waals surface area (Å²) in [4.78, 5) is 36.3. The van der Waals surface area contributed by atoms with Gasteiger partial charge in [0.1, 0.15) is 4.75 Å². The second kappa shape index (κ2) is 6.48. The van der Waals surface area contributed by atoms with Gasteiger partial charge in [0.15, 0.2) is 10.7 Å². The first-order valence-electron chi connectivity index (χ1n) is 10.0. The Morgan fingerprint density at radius 3 is 2.77 bits per heavy atom. The molecule has 6 nitrogen and oxygen atoms in total. The largest absolute Gasteiger partial charge is 0.324 e. The third-order valence-corrected chi connectivity index (χ3v) is 9.08. The van der Waals surface area contributed by atoms with Crippen LogP contribution >= 0.6 is 35.0 Å². The van der Waals surface area contributed by atoms with E-state index in [-0.39, 0.29) is 17.7 Å². The minimum atomic E-state index is -1.17. The zero-order chi connectivity index (χ0) is 21.5. The van der Waals surface area contributed by atoms with Gasteiger partial charge in [-0.15, -0.1) is 0 Å². The van der Waals surface area contributed by atoms with Crippen LogP contribution in [0.3, 0.4) is 0 Å². The van der Waals surface area contributed by atoms with Crippen LogP contribution in [0.1, 0.15) is 17.0 Å². The van der Waals surface area contributed by atoms with Gasteiger partial charge in [-0.2, -0.15) is 0 Å². The van der Waals surface area contributed by atoms with Crippen LogP contribution in [0.15, 0.2) is 47.5 Å². The Balaban J connectivity index is 1.66. The molecule has 4 aliphatic heterocycles. The van der Waals surface area contributed by atoms with Crippen LogP contribution < -0.4 is 5.32 Å². The molecular weight excluding hydrogens is 455 g/mol. The summed E-state index contributed by atoms with van der Waals surface area (Å²) in [5.74, 6) is -0.600. The molecule has 158 valence electrons. The fourth-order valence-corrected chi connectivity index (χ4v) is 8.02. The topological polar surface area (TPSA) is 65.0 Å². The van der Waals surface area contributed by atoms with Gasteiger partial charge in [-0.05, 0) is 30.8 Å². The highest BCUT2D eigenvalue weighted by atomic mass is 35.5. The van der Waals surface area contributed by atoms with Gasteiger partial charge in [0.2, 0.25) is 5.91 Å². The number of hydrogen-bond donors (Lipinski definition) is 1. The van der Waals surface area contributed by atoms with Crippen molar-refractivity contribution in [1.29, 1.82) is 0 Å². The Bertz CT molecular complexity index is 1200. The molecule has 0 aliphatic carbocycles. The third kappa shape index (κ3) is 2.22. The molecule has 0 saturated carbocycles. The first-order valence-corrected chi connectivity index (χ1v) is 11.6. The molecule has 4 aliphatic rings. The molecule has 1 N–H and O–H groups in total. The van der Waals surface area contributed by atoms with E-state index < -0.39 is 10.3 Å². The van der Waals surface area contributed by atoms with E-state index in [0.29, 0.717) is 34.8 Å². The van der Waals surface area contributed by atoms with E-state index in [2.05, 4.69) is 10.3 Å². The highest BCUT2D eigenvalue weighted by Crippen LogP contribution is 2.66. The normalized spacial score (nSPS) is 31.5. The number of amidine groups is 1. The number of aliphatic imine (C=N–C) groups is 1. The van der Waals surface area contributed by atoms with Gasteiger partial charge in [0, 0.05) is 40.3 Å². The van der Waals surface area contributed by atoms with Crippen molar-refractivity contribution in [2.45, 2.75) is 16.2 Å². The van der Waals surface area contributed by atoms with Crippen LogP contribution in [0.2, 0.25) is 10.0 Å². The molecule has 2 aromatic carbocycles. The van der Waals surface area contributed by atoms with Crippen molar-refractivity contribution >= 4 is 57.6 Å². The summed E-state index contributed by atoms with van der Waals surface area (Å²) in [6.45, 7) is 1.61. The predicted octanol–water partition coefficient (Wildman–Crippen LogP) is 3.55. The van der Waals surface area contributed by atoms with Crippen molar-refractivity contribution in [3.05, 3.63) is 63.6 Å². The Morgan fingerprint density at radius 1 is 1.19 bits per heavy atom. The van der Waals surface area contributed by atoms with Crippen molar-refractivity contribution in [1.82, 2.24) is 9.80 Å². The number of likely N-dealkylation sites (N-methyl/N-ethyl adjacent to an activating group) is 1. The molecule has 3 atom stereocenters. The SMILES string of the molecule is CN1C[C@@H](c2ccc(Cl)cc2Cl)[C@@]2(SC3=NCCN3C2=O)[C@@]12C(=O)Nc1ccccc12. The van der Waals surface area contributed by atoms with Crippen molar-refractivity contribution in [2.24, 2.45) is 4.99 Å². The Labute approximate surface area is 193 Å². The number of carbonyl (C=O) groups excluding carboxylic acids is 2. The second-order valence-electron chi connectivity index (χ2n) is 8.27. The highest BCUT2D eigenvalue weighted by Gasteiger charge is 2.78. The van der Waals surface area contributed by atoms with Gasteiger partial charge >= 0.3 is 0 Å². The standard InChI is InChI=1S/C22H18Cl2N4O2S/c1-27-11-15(13-7-6-12(23)10-16(13)24)22(19(30)28-9-8-25-20(28)31-22)21(27)14-4-2-3-5-17(14)26-18(21)29/h2-7,10,15H,8-9,11H2,1H3,(H,26,29)/t15-,21+,22-/m0/s1. The molecule has 2 fully saturated rings. The second-order valence-corrected chi connectivity index (χ2v) is 10.3. The quantitative estimate of drug-likeness (QED) is 0.688. The van der Waals surface area contributed by atoms with Crippen molar-refractivity contribution in [3.63, 3.8) is 0 Å². The molecule has 0 aromatic heterocycles. The Kier molecular flexibility index (Phi) is 4.10. The van der Waals surface area contributed by atoms with Crippen LogP contribution in [0, 0.1) is 0 Å². The van der Waals surface area contributed by atoms with Crippen molar-refractivity contribution < 1.29 is 9.59 Å². The molecule has 2 amide bonds. The molecule has 2 spiro atoms. The number of carbonyl (C=O) groups is 2. The van der Waals surface area contributed by atoms with E-state index in [9.17, 15) is 9.59 Å². The van der Waals surface area contributed by atoms with E-state index >= 15 is 0 Å². The number of anilines is 1. The van der Waals surface area contributed by atoms with E-state index in [0.717, 1.165) is 16.8 Å². The molecule has 4 heterocycles. The first-order chi connectivity index (χ1) is 14.9. The average molecular weight is 473 g/mol. The molecule has 9 heteroatoms. The van der Waals surface area contributed by atoms with Crippen LogP contribution in [-0.2, 0) is 15.1 Å². The summed E-state index contributed by atoms with van der Waals surface area (Å²) in [7, 11) is 1.91. The number of halogens is 2. The van der Waals surface area contributed by atoms with Crippen LogP contribution in [-0.4, -0.2) is 58.2 Å². The molecule has 2 aromatic rings. The van der Waals surface area contributed by atoms with Crippen molar-refractivity contribution in [2.75, 3.05) is 32.0 Å². The van der Waals surface area contributed by atoms with Gasteiger partial charge in [-0.25, -0.2) is 0 Å². The number of rotatable bonds is 1. The number of hydrogen-bond acceptors (Lipinski definition) is 5. The smallest absolute Gasteiger partial charge is 0.251 e. The molecular formula is C22H18Cl2N4O2S. The molecule has 31 heavy (non-hydrogen) atoms. The van der Waals surface area contributed by atoms with E-state index in [4.69, 9.17) is 23.2 Å².